The normalized spacial score (nSPS) is 14.6. The van der Waals surface area contributed by atoms with Gasteiger partial charge in [0, 0.05) is 6.54 Å². The predicted molar refractivity (Wildman–Crippen MR) is 70.8 cm³/mol. The summed E-state index contributed by atoms with van der Waals surface area (Å²) in [5.74, 6) is -0.501. The molecule has 0 unspecified atom stereocenters. The average molecular weight is 263 g/mol. The van der Waals surface area contributed by atoms with Gasteiger partial charge >= 0.3 is 5.97 Å². The molecule has 0 aliphatic carbocycles. The van der Waals surface area contributed by atoms with Gasteiger partial charge in [0.25, 0.3) is 0 Å². The molecule has 1 amide bonds. The second-order valence-corrected chi connectivity index (χ2v) is 4.49. The number of aromatic carboxylic acids is 1. The molecule has 1 N–H and O–H groups in total. The van der Waals surface area contributed by atoms with E-state index in [4.69, 9.17) is 9.84 Å². The number of anilines is 1. The van der Waals surface area contributed by atoms with Gasteiger partial charge in [0.05, 0.1) is 24.3 Å². The Morgan fingerprint density at radius 2 is 2.26 bits per heavy atom. The Morgan fingerprint density at radius 3 is 2.95 bits per heavy atom. The van der Waals surface area contributed by atoms with Gasteiger partial charge in [-0.25, -0.2) is 4.79 Å². The molecule has 1 aromatic carbocycles. The minimum atomic E-state index is -0.998. The molecule has 1 aliphatic rings. The Morgan fingerprint density at radius 1 is 1.47 bits per heavy atom. The van der Waals surface area contributed by atoms with Gasteiger partial charge in [0.15, 0.2) is 0 Å². The van der Waals surface area contributed by atoms with Crippen LogP contribution in [0.3, 0.4) is 0 Å². The molecule has 0 saturated carbocycles. The summed E-state index contributed by atoms with van der Waals surface area (Å²) in [5.41, 5.74) is 0.837. The van der Waals surface area contributed by atoms with E-state index in [2.05, 4.69) is 6.92 Å². The van der Waals surface area contributed by atoms with Crippen LogP contribution in [0.25, 0.3) is 0 Å². The Labute approximate surface area is 111 Å². The summed E-state index contributed by atoms with van der Waals surface area (Å²) < 4.78 is 5.49. The molecule has 0 fully saturated rings. The lowest BCUT2D eigenvalue weighted by Gasteiger charge is -2.21. The van der Waals surface area contributed by atoms with Crippen LogP contribution in [0.5, 0.6) is 5.75 Å². The first-order valence-electron chi connectivity index (χ1n) is 6.44. The van der Waals surface area contributed by atoms with Crippen molar-refractivity contribution in [3.05, 3.63) is 23.8 Å². The minimum Gasteiger partial charge on any atom is -0.491 e. The quantitative estimate of drug-likeness (QED) is 0.905. The Kier molecular flexibility index (Phi) is 4.04. The molecule has 0 saturated heterocycles. The zero-order chi connectivity index (χ0) is 13.8. The van der Waals surface area contributed by atoms with E-state index in [1.807, 2.05) is 0 Å². The number of hydrogen-bond acceptors (Lipinski definition) is 3. The molecule has 1 aliphatic heterocycles. The summed E-state index contributed by atoms with van der Waals surface area (Å²) >= 11 is 0. The van der Waals surface area contributed by atoms with Crippen LogP contribution in [-0.2, 0) is 4.79 Å². The van der Waals surface area contributed by atoms with E-state index in [0.29, 0.717) is 24.4 Å². The molecule has 102 valence electrons. The van der Waals surface area contributed by atoms with Crippen LogP contribution in [0.2, 0.25) is 0 Å². The third kappa shape index (κ3) is 2.86. The van der Waals surface area contributed by atoms with E-state index in [1.54, 1.807) is 11.0 Å². The van der Waals surface area contributed by atoms with Gasteiger partial charge < -0.3 is 14.7 Å². The van der Waals surface area contributed by atoms with Crippen molar-refractivity contribution in [2.24, 2.45) is 0 Å². The van der Waals surface area contributed by atoms with Crippen molar-refractivity contribution in [3.8, 4) is 5.75 Å². The molecule has 0 bridgehead atoms. The molecule has 5 heteroatoms. The minimum absolute atomic E-state index is 0.0234. The number of carbonyl (C=O) groups excluding carboxylic acids is 1. The summed E-state index contributed by atoms with van der Waals surface area (Å²) in [5, 5.41) is 8.98. The first-order chi connectivity index (χ1) is 9.13. The van der Waals surface area contributed by atoms with Gasteiger partial charge in [-0.1, -0.05) is 13.3 Å². The van der Waals surface area contributed by atoms with Gasteiger partial charge in [-0.3, -0.25) is 4.79 Å². The van der Waals surface area contributed by atoms with E-state index in [1.165, 1.54) is 12.1 Å². The Hall–Kier alpha value is -2.04. The van der Waals surface area contributed by atoms with Gasteiger partial charge in [0.1, 0.15) is 5.75 Å². The zero-order valence-corrected chi connectivity index (χ0v) is 10.9. The monoisotopic (exact) mass is 263 g/mol. The molecule has 1 heterocycles. The molecule has 0 aromatic heterocycles. The number of carboxylic acids is 1. The largest absolute Gasteiger partial charge is 0.491 e. The molecule has 19 heavy (non-hydrogen) atoms. The van der Waals surface area contributed by atoms with Crippen molar-refractivity contribution < 1.29 is 19.4 Å². The number of rotatable bonds is 4. The number of nitrogens with zero attached hydrogens (tertiary/aromatic N) is 1. The van der Waals surface area contributed by atoms with Crippen molar-refractivity contribution >= 4 is 17.6 Å². The van der Waals surface area contributed by atoms with Gasteiger partial charge in [-0.05, 0) is 24.6 Å². The maximum Gasteiger partial charge on any atom is 0.335 e. The second kappa shape index (κ2) is 5.73. The van der Waals surface area contributed by atoms with Crippen LogP contribution in [0.15, 0.2) is 18.2 Å². The lowest BCUT2D eigenvalue weighted by atomic mass is 10.1. The third-order valence-corrected chi connectivity index (χ3v) is 3.11. The molecule has 2 rings (SSSR count). The highest BCUT2D eigenvalue weighted by molar-refractivity contribution is 5.97. The SMILES string of the molecule is CCCCN1C(=O)CCOc2cc(C(=O)O)ccc21. The standard InChI is InChI=1S/C14H17NO4/c1-2-3-7-15-11-5-4-10(14(17)18)9-12(11)19-8-6-13(15)16/h4-5,9H,2-3,6-8H2,1H3,(H,17,18). The summed E-state index contributed by atoms with van der Waals surface area (Å²) in [6.07, 6.45) is 2.22. The maximum absolute atomic E-state index is 12.0. The van der Waals surface area contributed by atoms with Crippen LogP contribution in [0.4, 0.5) is 5.69 Å². The summed E-state index contributed by atoms with van der Waals surface area (Å²) in [4.78, 5) is 24.7. The number of benzene rings is 1. The molecule has 0 radical (unpaired) electrons. The average Bonchev–Trinajstić information content (AvgIpc) is 2.54. The summed E-state index contributed by atoms with van der Waals surface area (Å²) in [7, 11) is 0. The smallest absolute Gasteiger partial charge is 0.335 e. The fourth-order valence-corrected chi connectivity index (χ4v) is 2.06. The Balaban J connectivity index is 2.37. The number of carbonyl (C=O) groups is 2. The molecular formula is C14H17NO4. The number of amides is 1. The fraction of sp³-hybridized carbons (Fsp3) is 0.429. The van der Waals surface area contributed by atoms with Crippen molar-refractivity contribution in [2.75, 3.05) is 18.1 Å². The summed E-state index contributed by atoms with van der Waals surface area (Å²) in [6.45, 7) is 2.99. The molecule has 5 nitrogen and oxygen atoms in total. The number of ether oxygens (including phenoxy) is 1. The van der Waals surface area contributed by atoms with Crippen LogP contribution in [0, 0.1) is 0 Å². The molecule has 1 aromatic rings. The number of unbranched alkanes of at least 4 members (excludes halogenated alkanes) is 1. The molecule has 0 spiro atoms. The first-order valence-corrected chi connectivity index (χ1v) is 6.44. The van der Waals surface area contributed by atoms with Crippen LogP contribution < -0.4 is 9.64 Å². The highest BCUT2D eigenvalue weighted by atomic mass is 16.5. The van der Waals surface area contributed by atoms with Crippen LogP contribution in [0.1, 0.15) is 36.5 Å². The van der Waals surface area contributed by atoms with Crippen molar-refractivity contribution in [2.45, 2.75) is 26.2 Å². The van der Waals surface area contributed by atoms with Crippen LogP contribution in [-0.4, -0.2) is 30.1 Å². The van der Waals surface area contributed by atoms with Gasteiger partial charge in [0.2, 0.25) is 5.91 Å². The first kappa shape index (κ1) is 13.4. The third-order valence-electron chi connectivity index (χ3n) is 3.11. The van der Waals surface area contributed by atoms with E-state index in [0.717, 1.165) is 12.8 Å². The van der Waals surface area contributed by atoms with E-state index < -0.39 is 5.97 Å². The van der Waals surface area contributed by atoms with E-state index in [9.17, 15) is 9.59 Å². The Bertz CT molecular complexity index is 498. The number of carboxylic acid groups (broad SMARTS) is 1. The number of hydrogen-bond donors (Lipinski definition) is 1. The zero-order valence-electron chi connectivity index (χ0n) is 10.9. The van der Waals surface area contributed by atoms with Crippen molar-refractivity contribution in [1.29, 1.82) is 0 Å². The lowest BCUT2D eigenvalue weighted by Crippen LogP contribution is -2.31. The fourth-order valence-electron chi connectivity index (χ4n) is 2.06. The van der Waals surface area contributed by atoms with E-state index in [-0.39, 0.29) is 18.1 Å². The highest BCUT2D eigenvalue weighted by Gasteiger charge is 2.23. The van der Waals surface area contributed by atoms with Crippen LogP contribution >= 0.6 is 0 Å². The maximum atomic E-state index is 12.0. The number of fused-ring (bicyclic) bond motifs is 1. The molecular weight excluding hydrogens is 246 g/mol. The van der Waals surface area contributed by atoms with Crippen molar-refractivity contribution in [1.82, 2.24) is 0 Å². The lowest BCUT2D eigenvalue weighted by molar-refractivity contribution is -0.118. The summed E-state index contributed by atoms with van der Waals surface area (Å²) in [6, 6.07) is 4.63. The topological polar surface area (TPSA) is 66.8 Å². The molecule has 0 atom stereocenters. The van der Waals surface area contributed by atoms with E-state index >= 15 is 0 Å². The van der Waals surface area contributed by atoms with Crippen molar-refractivity contribution in [3.63, 3.8) is 0 Å². The highest BCUT2D eigenvalue weighted by Crippen LogP contribution is 2.32. The van der Waals surface area contributed by atoms with Gasteiger partial charge in [-0.15, -0.1) is 0 Å². The second-order valence-electron chi connectivity index (χ2n) is 4.49. The van der Waals surface area contributed by atoms with Gasteiger partial charge in [-0.2, -0.15) is 0 Å². The predicted octanol–water partition coefficient (Wildman–Crippen LogP) is 2.30.